The van der Waals surface area contributed by atoms with Gasteiger partial charge in [0.15, 0.2) is 11.7 Å². The van der Waals surface area contributed by atoms with E-state index in [9.17, 15) is 4.79 Å². The fourth-order valence-electron chi connectivity index (χ4n) is 3.09. The van der Waals surface area contributed by atoms with Crippen molar-refractivity contribution in [3.8, 4) is 5.75 Å². The summed E-state index contributed by atoms with van der Waals surface area (Å²) < 4.78 is 9.84. The first kappa shape index (κ1) is 20.6. The van der Waals surface area contributed by atoms with E-state index in [1.54, 1.807) is 17.4 Å². The number of aromatic nitrogens is 3. The van der Waals surface area contributed by atoms with Crippen molar-refractivity contribution < 1.29 is 9.53 Å². The van der Waals surface area contributed by atoms with Gasteiger partial charge >= 0.3 is 0 Å². The molecule has 2 aromatic heterocycles. The summed E-state index contributed by atoms with van der Waals surface area (Å²) >= 11 is 5.01. The normalized spacial score (nSPS) is 11.0. The van der Waals surface area contributed by atoms with Crippen molar-refractivity contribution in [2.24, 2.45) is 0 Å². The molecule has 4 rings (SSSR count). The lowest BCUT2D eigenvalue weighted by atomic mass is 10.2. The maximum Gasteiger partial charge on any atom is 0.266 e. The molecule has 0 unspecified atom stereocenters. The highest BCUT2D eigenvalue weighted by atomic mass is 79.9. The van der Waals surface area contributed by atoms with Crippen LogP contribution < -0.4 is 9.64 Å². The lowest BCUT2D eigenvalue weighted by molar-refractivity contribution is -0.120. The van der Waals surface area contributed by atoms with Crippen molar-refractivity contribution in [1.82, 2.24) is 14.5 Å². The number of carbonyl (C=O) groups excluding carboxylic acids is 1. The molecule has 0 aliphatic rings. The summed E-state index contributed by atoms with van der Waals surface area (Å²) in [6, 6.07) is 13.6. The molecule has 0 radical (unpaired) electrons. The van der Waals surface area contributed by atoms with E-state index in [2.05, 4.69) is 20.9 Å². The van der Waals surface area contributed by atoms with Gasteiger partial charge < -0.3 is 9.30 Å². The molecule has 154 valence electrons. The average molecular weight is 485 g/mol. The number of fused-ring (bicyclic) bond motifs is 1. The molecule has 2 heterocycles. The first-order chi connectivity index (χ1) is 14.6. The third kappa shape index (κ3) is 4.88. The minimum Gasteiger partial charge on any atom is -0.483 e. The molecule has 8 heteroatoms. The van der Waals surface area contributed by atoms with Gasteiger partial charge in [-0.3, -0.25) is 9.69 Å². The first-order valence-corrected chi connectivity index (χ1v) is 11.2. The van der Waals surface area contributed by atoms with Crippen LogP contribution in [0.15, 0.2) is 65.7 Å². The Morgan fingerprint density at radius 3 is 2.93 bits per heavy atom. The van der Waals surface area contributed by atoms with Crippen LogP contribution in [0.4, 0.5) is 5.13 Å². The van der Waals surface area contributed by atoms with Crippen LogP contribution in [0.2, 0.25) is 0 Å². The predicted molar refractivity (Wildman–Crippen MR) is 123 cm³/mol. The number of imidazole rings is 1. The Morgan fingerprint density at radius 2 is 2.13 bits per heavy atom. The molecule has 4 aromatic rings. The predicted octanol–water partition coefficient (Wildman–Crippen LogP) is 5.07. The van der Waals surface area contributed by atoms with Crippen molar-refractivity contribution in [3.05, 3.63) is 71.2 Å². The molecule has 0 spiro atoms. The van der Waals surface area contributed by atoms with Gasteiger partial charge in [0.2, 0.25) is 0 Å². The third-order valence-corrected chi connectivity index (χ3v) is 6.21. The Balaban J connectivity index is 1.52. The number of benzene rings is 2. The molecule has 0 aliphatic carbocycles. The zero-order chi connectivity index (χ0) is 20.9. The number of carbonyl (C=O) groups is 1. The van der Waals surface area contributed by atoms with Crippen molar-refractivity contribution >= 4 is 48.5 Å². The smallest absolute Gasteiger partial charge is 0.266 e. The van der Waals surface area contributed by atoms with Gasteiger partial charge in [-0.05, 0) is 43.2 Å². The van der Waals surface area contributed by atoms with Crippen LogP contribution in [-0.4, -0.2) is 33.6 Å². The minimum absolute atomic E-state index is 0.0322. The van der Waals surface area contributed by atoms with Gasteiger partial charge in [-0.2, -0.15) is 0 Å². The zero-order valence-electron chi connectivity index (χ0n) is 16.5. The van der Waals surface area contributed by atoms with E-state index in [1.165, 1.54) is 11.3 Å². The fourth-order valence-corrected chi connectivity index (χ4v) is 4.66. The van der Waals surface area contributed by atoms with Crippen LogP contribution in [0.1, 0.15) is 12.0 Å². The van der Waals surface area contributed by atoms with Crippen LogP contribution in [0.5, 0.6) is 5.75 Å². The van der Waals surface area contributed by atoms with Crippen LogP contribution in [0.25, 0.3) is 10.2 Å². The second-order valence-electron chi connectivity index (χ2n) is 6.86. The number of hydrogen-bond donors (Lipinski definition) is 0. The monoisotopic (exact) mass is 484 g/mol. The van der Waals surface area contributed by atoms with Gasteiger partial charge in [-0.1, -0.05) is 45.5 Å². The quantitative estimate of drug-likeness (QED) is 0.350. The summed E-state index contributed by atoms with van der Waals surface area (Å²) in [6.07, 6.45) is 6.24. The van der Waals surface area contributed by atoms with Crippen LogP contribution in [-0.2, 0) is 11.3 Å². The number of para-hydroxylation sites is 1. The molecular weight excluding hydrogens is 464 g/mol. The second-order valence-corrected chi connectivity index (χ2v) is 8.79. The highest BCUT2D eigenvalue weighted by molar-refractivity contribution is 9.10. The number of amides is 1. The topological polar surface area (TPSA) is 60.2 Å². The summed E-state index contributed by atoms with van der Waals surface area (Å²) in [5.74, 6) is 0.611. The number of hydrogen-bond acceptors (Lipinski definition) is 5. The number of aryl methyl sites for hydroxylation is 2. The standard InChI is InChI=1S/C22H21BrN4O2S/c1-16-5-2-3-6-19(16)29-14-21(28)27(11-4-10-26-12-9-24-15-26)22-25-18-8-7-17(23)13-20(18)30-22/h2-3,5-9,12-13,15H,4,10-11,14H2,1H3. The van der Waals surface area contributed by atoms with E-state index >= 15 is 0 Å². The summed E-state index contributed by atoms with van der Waals surface area (Å²) in [6.45, 7) is 3.26. The number of halogens is 1. The molecule has 30 heavy (non-hydrogen) atoms. The minimum atomic E-state index is -0.109. The van der Waals surface area contributed by atoms with E-state index in [0.29, 0.717) is 11.7 Å². The van der Waals surface area contributed by atoms with E-state index in [4.69, 9.17) is 9.72 Å². The highest BCUT2D eigenvalue weighted by Gasteiger charge is 2.20. The maximum absolute atomic E-state index is 13.1. The Labute approximate surface area is 187 Å². The van der Waals surface area contributed by atoms with Crippen molar-refractivity contribution in [3.63, 3.8) is 0 Å². The number of ether oxygens (including phenoxy) is 1. The summed E-state index contributed by atoms with van der Waals surface area (Å²) in [5, 5.41) is 0.687. The summed E-state index contributed by atoms with van der Waals surface area (Å²) in [5.41, 5.74) is 1.88. The Morgan fingerprint density at radius 1 is 1.27 bits per heavy atom. The Bertz CT molecular complexity index is 1140. The van der Waals surface area contributed by atoms with Crippen LogP contribution in [0.3, 0.4) is 0 Å². The molecule has 6 nitrogen and oxygen atoms in total. The van der Waals surface area contributed by atoms with Gasteiger partial charge in [0.05, 0.1) is 16.5 Å². The Hall–Kier alpha value is -2.71. The molecule has 0 bridgehead atoms. The van der Waals surface area contributed by atoms with Gasteiger partial charge in [-0.15, -0.1) is 0 Å². The van der Waals surface area contributed by atoms with Gasteiger partial charge in [0.25, 0.3) is 5.91 Å². The molecule has 0 saturated heterocycles. The zero-order valence-corrected chi connectivity index (χ0v) is 18.9. The first-order valence-electron chi connectivity index (χ1n) is 9.61. The molecule has 0 saturated carbocycles. The highest BCUT2D eigenvalue weighted by Crippen LogP contribution is 2.31. The van der Waals surface area contributed by atoms with Gasteiger partial charge in [0, 0.05) is 30.0 Å². The lowest BCUT2D eigenvalue weighted by Crippen LogP contribution is -2.36. The number of anilines is 1. The number of thiazole rings is 1. The lowest BCUT2D eigenvalue weighted by Gasteiger charge is -2.20. The van der Waals surface area contributed by atoms with Crippen LogP contribution in [0, 0.1) is 6.92 Å². The van der Waals surface area contributed by atoms with Crippen molar-refractivity contribution in [2.45, 2.75) is 19.9 Å². The van der Waals surface area contributed by atoms with Gasteiger partial charge in [0.1, 0.15) is 5.75 Å². The second kappa shape index (κ2) is 9.40. The molecule has 0 N–H and O–H groups in total. The molecule has 1 amide bonds. The van der Waals surface area contributed by atoms with Crippen molar-refractivity contribution in [2.75, 3.05) is 18.1 Å². The third-order valence-electron chi connectivity index (χ3n) is 4.67. The number of rotatable bonds is 8. The molecular formula is C22H21BrN4O2S. The van der Waals surface area contributed by atoms with E-state index in [-0.39, 0.29) is 12.5 Å². The maximum atomic E-state index is 13.1. The van der Waals surface area contributed by atoms with E-state index in [0.717, 1.165) is 39.0 Å². The van der Waals surface area contributed by atoms with Crippen LogP contribution >= 0.6 is 27.3 Å². The SMILES string of the molecule is Cc1ccccc1OCC(=O)N(CCCn1ccnc1)c1nc2ccc(Br)cc2s1. The fraction of sp³-hybridized carbons (Fsp3) is 0.227. The largest absolute Gasteiger partial charge is 0.483 e. The summed E-state index contributed by atoms with van der Waals surface area (Å²) in [7, 11) is 0. The molecule has 0 atom stereocenters. The molecule has 0 aliphatic heterocycles. The van der Waals surface area contributed by atoms with Crippen molar-refractivity contribution in [1.29, 1.82) is 0 Å². The number of nitrogens with zero attached hydrogens (tertiary/aromatic N) is 4. The average Bonchev–Trinajstić information content (AvgIpc) is 3.39. The van der Waals surface area contributed by atoms with E-state index < -0.39 is 0 Å². The molecule has 2 aromatic carbocycles. The Kier molecular flexibility index (Phi) is 6.44. The molecule has 0 fully saturated rings. The van der Waals surface area contributed by atoms with Gasteiger partial charge in [-0.25, -0.2) is 9.97 Å². The van der Waals surface area contributed by atoms with E-state index in [1.807, 2.05) is 60.2 Å². The summed E-state index contributed by atoms with van der Waals surface area (Å²) in [4.78, 5) is 23.6.